The van der Waals surface area contributed by atoms with E-state index in [2.05, 4.69) is 50.5 Å². The Morgan fingerprint density at radius 2 is 2.21 bits per heavy atom. The first-order valence-electron chi connectivity index (χ1n) is 6.44. The minimum absolute atomic E-state index is 0.179. The van der Waals surface area contributed by atoms with Gasteiger partial charge in [0.2, 0.25) is 0 Å². The summed E-state index contributed by atoms with van der Waals surface area (Å²) in [6.07, 6.45) is 1.07. The highest BCUT2D eigenvalue weighted by Crippen LogP contribution is 2.43. The molecule has 0 bridgehead atoms. The Morgan fingerprint density at radius 3 is 2.84 bits per heavy atom. The molecule has 1 fully saturated rings. The Balaban J connectivity index is 1.87. The minimum Gasteiger partial charge on any atom is -0.383 e. The fourth-order valence-electron chi connectivity index (χ4n) is 2.15. The molecule has 0 amide bonds. The Bertz CT molecular complexity index is 447. The molecule has 0 heterocycles. The standard InChI is InChI=1S/C14H20BrN3O/c1-9(8-19-2)17-14(16)18-13-7-12(13)10-3-5-11(15)6-4-10/h3-6,9,12-13H,7-8H2,1-2H3,(H3,16,17,18)/t9?,12-,13+/m0/s1. The van der Waals surface area contributed by atoms with Crippen LogP contribution in [0.3, 0.4) is 0 Å². The van der Waals surface area contributed by atoms with Gasteiger partial charge in [0.15, 0.2) is 5.96 Å². The first-order valence-corrected chi connectivity index (χ1v) is 7.23. The van der Waals surface area contributed by atoms with E-state index in [1.807, 2.05) is 6.92 Å². The van der Waals surface area contributed by atoms with Crippen LogP contribution >= 0.6 is 15.9 Å². The zero-order valence-electron chi connectivity index (χ0n) is 11.3. The number of hydrogen-bond acceptors (Lipinski definition) is 2. The lowest BCUT2D eigenvalue weighted by molar-refractivity contribution is 0.179. The maximum Gasteiger partial charge on any atom is 0.189 e. The number of ether oxygens (including phenoxy) is 1. The van der Waals surface area contributed by atoms with Gasteiger partial charge in [-0.2, -0.15) is 0 Å². The van der Waals surface area contributed by atoms with Gasteiger partial charge in [0.25, 0.3) is 0 Å². The molecule has 1 aliphatic carbocycles. The Morgan fingerprint density at radius 1 is 1.53 bits per heavy atom. The van der Waals surface area contributed by atoms with Crippen LogP contribution in [0.2, 0.25) is 0 Å². The van der Waals surface area contributed by atoms with Gasteiger partial charge in [-0.05, 0) is 31.0 Å². The summed E-state index contributed by atoms with van der Waals surface area (Å²) in [4.78, 5) is 4.51. The third kappa shape index (κ3) is 4.21. The quantitative estimate of drug-likeness (QED) is 0.644. The van der Waals surface area contributed by atoms with Crippen LogP contribution in [0.15, 0.2) is 33.7 Å². The highest BCUT2D eigenvalue weighted by molar-refractivity contribution is 9.10. The number of rotatable bonds is 5. The molecule has 3 N–H and O–H groups in total. The molecule has 104 valence electrons. The van der Waals surface area contributed by atoms with E-state index >= 15 is 0 Å². The van der Waals surface area contributed by atoms with Crippen LogP contribution in [0.1, 0.15) is 24.8 Å². The van der Waals surface area contributed by atoms with Crippen molar-refractivity contribution in [1.29, 1.82) is 0 Å². The molecule has 3 atom stereocenters. The molecule has 1 aliphatic rings. The van der Waals surface area contributed by atoms with Crippen molar-refractivity contribution in [2.45, 2.75) is 31.3 Å². The number of hydrogen-bond donors (Lipinski definition) is 2. The molecular formula is C14H20BrN3O. The summed E-state index contributed by atoms with van der Waals surface area (Å²) in [5.74, 6) is 1.01. The predicted molar refractivity (Wildman–Crippen MR) is 81.4 cm³/mol. The van der Waals surface area contributed by atoms with Crippen molar-refractivity contribution in [3.63, 3.8) is 0 Å². The Labute approximate surface area is 122 Å². The molecule has 1 aromatic carbocycles. The highest BCUT2D eigenvalue weighted by Gasteiger charge is 2.38. The molecule has 1 aromatic rings. The third-order valence-electron chi connectivity index (χ3n) is 3.17. The van der Waals surface area contributed by atoms with E-state index in [1.165, 1.54) is 5.56 Å². The van der Waals surface area contributed by atoms with Crippen molar-refractivity contribution in [2.24, 2.45) is 10.7 Å². The second-order valence-corrected chi connectivity index (χ2v) is 5.89. The molecule has 0 saturated heterocycles. The summed E-state index contributed by atoms with van der Waals surface area (Å²) >= 11 is 3.44. The number of guanidine groups is 1. The smallest absolute Gasteiger partial charge is 0.189 e. The number of nitrogens with zero attached hydrogens (tertiary/aromatic N) is 1. The number of benzene rings is 1. The average molecular weight is 326 g/mol. The van der Waals surface area contributed by atoms with E-state index in [-0.39, 0.29) is 6.04 Å². The molecule has 0 aromatic heterocycles. The molecule has 0 aliphatic heterocycles. The highest BCUT2D eigenvalue weighted by atomic mass is 79.9. The van der Waals surface area contributed by atoms with Gasteiger partial charge in [-0.1, -0.05) is 28.1 Å². The molecule has 5 heteroatoms. The van der Waals surface area contributed by atoms with Gasteiger partial charge in [0, 0.05) is 23.5 Å². The van der Waals surface area contributed by atoms with Crippen molar-refractivity contribution >= 4 is 21.9 Å². The topological polar surface area (TPSA) is 59.6 Å². The van der Waals surface area contributed by atoms with E-state index in [9.17, 15) is 0 Å². The molecule has 2 rings (SSSR count). The summed E-state index contributed by atoms with van der Waals surface area (Å²) in [6, 6.07) is 8.90. The number of halogens is 1. The van der Waals surface area contributed by atoms with Gasteiger partial charge >= 0.3 is 0 Å². The van der Waals surface area contributed by atoms with Crippen LogP contribution in [0.4, 0.5) is 0 Å². The summed E-state index contributed by atoms with van der Waals surface area (Å²) in [6.45, 7) is 2.64. The second kappa shape index (κ2) is 6.39. The normalized spacial score (nSPS) is 24.1. The van der Waals surface area contributed by atoms with Crippen molar-refractivity contribution < 1.29 is 4.74 Å². The number of nitrogens with two attached hydrogens (primary N) is 1. The van der Waals surface area contributed by atoms with Crippen molar-refractivity contribution in [3.8, 4) is 0 Å². The zero-order chi connectivity index (χ0) is 13.8. The Hall–Kier alpha value is -1.07. The number of methoxy groups -OCH3 is 1. The number of aliphatic imine (C=N–C) groups is 1. The minimum atomic E-state index is 0.179. The van der Waals surface area contributed by atoms with Crippen LogP contribution in [0, 0.1) is 0 Å². The van der Waals surface area contributed by atoms with Gasteiger partial charge in [0.1, 0.15) is 0 Å². The lowest BCUT2D eigenvalue weighted by Crippen LogP contribution is -2.40. The van der Waals surface area contributed by atoms with E-state index in [1.54, 1.807) is 7.11 Å². The molecular weight excluding hydrogens is 306 g/mol. The Kier molecular flexibility index (Phi) is 4.82. The average Bonchev–Trinajstić information content (AvgIpc) is 3.09. The largest absolute Gasteiger partial charge is 0.383 e. The summed E-state index contributed by atoms with van der Waals surface area (Å²) < 4.78 is 6.15. The van der Waals surface area contributed by atoms with E-state index in [4.69, 9.17) is 10.5 Å². The van der Waals surface area contributed by atoms with Crippen molar-refractivity contribution in [3.05, 3.63) is 34.3 Å². The molecule has 0 spiro atoms. The third-order valence-corrected chi connectivity index (χ3v) is 3.70. The second-order valence-electron chi connectivity index (χ2n) is 4.98. The van der Waals surface area contributed by atoms with Crippen LogP contribution < -0.4 is 11.1 Å². The van der Waals surface area contributed by atoms with Gasteiger partial charge in [-0.15, -0.1) is 0 Å². The summed E-state index contributed by atoms with van der Waals surface area (Å²) in [5, 5.41) is 3.13. The number of nitrogens with one attached hydrogen (secondary N) is 1. The monoisotopic (exact) mass is 325 g/mol. The van der Waals surface area contributed by atoms with Crippen LogP contribution in [0.5, 0.6) is 0 Å². The van der Waals surface area contributed by atoms with E-state index in [0.29, 0.717) is 24.5 Å². The maximum absolute atomic E-state index is 5.89. The van der Waals surface area contributed by atoms with Gasteiger partial charge < -0.3 is 15.8 Å². The van der Waals surface area contributed by atoms with Gasteiger partial charge in [0.05, 0.1) is 12.6 Å². The predicted octanol–water partition coefficient (Wildman–Crippen LogP) is 2.24. The first-order chi connectivity index (χ1) is 9.10. The van der Waals surface area contributed by atoms with Gasteiger partial charge in [-0.3, -0.25) is 0 Å². The molecule has 0 radical (unpaired) electrons. The van der Waals surface area contributed by atoms with Crippen molar-refractivity contribution in [2.75, 3.05) is 13.7 Å². The fourth-order valence-corrected chi connectivity index (χ4v) is 2.42. The van der Waals surface area contributed by atoms with Crippen LogP contribution in [-0.4, -0.2) is 31.8 Å². The summed E-state index contributed by atoms with van der Waals surface area (Å²) in [5.41, 5.74) is 7.21. The van der Waals surface area contributed by atoms with E-state index in [0.717, 1.165) is 10.9 Å². The van der Waals surface area contributed by atoms with E-state index < -0.39 is 0 Å². The van der Waals surface area contributed by atoms with Crippen LogP contribution in [-0.2, 0) is 4.74 Å². The summed E-state index contributed by atoms with van der Waals surface area (Å²) in [7, 11) is 1.68. The molecule has 1 unspecified atom stereocenters. The zero-order valence-corrected chi connectivity index (χ0v) is 12.9. The van der Waals surface area contributed by atoms with Crippen molar-refractivity contribution in [1.82, 2.24) is 5.32 Å². The molecule has 19 heavy (non-hydrogen) atoms. The van der Waals surface area contributed by atoms with Crippen LogP contribution in [0.25, 0.3) is 0 Å². The lowest BCUT2D eigenvalue weighted by atomic mass is 10.1. The van der Waals surface area contributed by atoms with Gasteiger partial charge in [-0.25, -0.2) is 4.99 Å². The molecule has 4 nitrogen and oxygen atoms in total. The fraction of sp³-hybridized carbons (Fsp3) is 0.500. The SMILES string of the molecule is COCC(C)NC(N)=N[C@@H]1C[C@H]1c1ccc(Br)cc1. The maximum atomic E-state index is 5.89. The first kappa shape index (κ1) is 14.3. The molecule has 1 saturated carbocycles. The lowest BCUT2D eigenvalue weighted by Gasteiger charge is -2.13.